The Kier molecular flexibility index (Phi) is 3.88. The van der Waals surface area contributed by atoms with Gasteiger partial charge in [0.05, 0.1) is 3.57 Å². The van der Waals surface area contributed by atoms with Gasteiger partial charge in [0.15, 0.2) is 0 Å². The van der Waals surface area contributed by atoms with Crippen LogP contribution in [0.2, 0.25) is 24.7 Å². The Morgan fingerprint density at radius 2 is 1.86 bits per heavy atom. The zero-order valence-corrected chi connectivity index (χ0v) is 12.7. The van der Waals surface area contributed by atoms with Crippen molar-refractivity contribution in [1.29, 1.82) is 0 Å². The summed E-state index contributed by atoms with van der Waals surface area (Å²) in [7, 11) is -1.53. The SMILES string of the molecule is Cc1cc(I)c(O[Si](C)(C)C)cc1Cl. The van der Waals surface area contributed by atoms with E-state index in [1.807, 2.05) is 13.0 Å². The Hall–Kier alpha value is 0.257. The summed E-state index contributed by atoms with van der Waals surface area (Å²) in [5.41, 5.74) is 1.10. The molecule has 4 heteroatoms. The smallest absolute Gasteiger partial charge is 0.242 e. The highest BCUT2D eigenvalue weighted by atomic mass is 127. The Morgan fingerprint density at radius 1 is 1.29 bits per heavy atom. The van der Waals surface area contributed by atoms with Crippen molar-refractivity contribution in [2.45, 2.75) is 26.6 Å². The Morgan fingerprint density at radius 3 is 2.36 bits per heavy atom. The van der Waals surface area contributed by atoms with E-state index in [2.05, 4.69) is 48.3 Å². The highest BCUT2D eigenvalue weighted by molar-refractivity contribution is 14.1. The summed E-state index contributed by atoms with van der Waals surface area (Å²) >= 11 is 8.33. The third-order valence-electron chi connectivity index (χ3n) is 1.63. The van der Waals surface area contributed by atoms with Gasteiger partial charge in [0.25, 0.3) is 0 Å². The Bertz CT molecular complexity index is 347. The van der Waals surface area contributed by atoms with Gasteiger partial charge < -0.3 is 4.43 Å². The van der Waals surface area contributed by atoms with Crippen LogP contribution in [0, 0.1) is 10.5 Å². The van der Waals surface area contributed by atoms with Crippen LogP contribution in [0.5, 0.6) is 5.75 Å². The van der Waals surface area contributed by atoms with Gasteiger partial charge in [0, 0.05) is 5.02 Å². The average Bonchev–Trinajstić information content (AvgIpc) is 1.97. The molecule has 78 valence electrons. The molecule has 1 rings (SSSR count). The number of halogens is 2. The first-order valence-electron chi connectivity index (χ1n) is 4.44. The van der Waals surface area contributed by atoms with E-state index in [9.17, 15) is 0 Å². The molecule has 0 aliphatic heterocycles. The van der Waals surface area contributed by atoms with E-state index in [1.54, 1.807) is 0 Å². The summed E-state index contributed by atoms with van der Waals surface area (Å²) in [4.78, 5) is 0. The number of rotatable bonds is 2. The molecule has 0 N–H and O–H groups in total. The first-order chi connectivity index (χ1) is 6.29. The maximum absolute atomic E-state index is 6.05. The van der Waals surface area contributed by atoms with Crippen molar-refractivity contribution >= 4 is 42.5 Å². The molecule has 0 bridgehead atoms. The van der Waals surface area contributed by atoms with Gasteiger partial charge in [0.2, 0.25) is 8.32 Å². The number of hydrogen-bond acceptors (Lipinski definition) is 1. The molecule has 0 radical (unpaired) electrons. The van der Waals surface area contributed by atoms with Crippen LogP contribution >= 0.6 is 34.2 Å². The second kappa shape index (κ2) is 4.41. The number of benzene rings is 1. The van der Waals surface area contributed by atoms with Gasteiger partial charge in [-0.2, -0.15) is 0 Å². The van der Waals surface area contributed by atoms with Gasteiger partial charge in [-0.3, -0.25) is 0 Å². The van der Waals surface area contributed by atoms with Gasteiger partial charge in [-0.1, -0.05) is 11.6 Å². The molecule has 0 aliphatic rings. The molecular weight excluding hydrogens is 327 g/mol. The molecule has 1 nitrogen and oxygen atoms in total. The summed E-state index contributed by atoms with van der Waals surface area (Å²) in [5, 5.41) is 0.777. The first-order valence-corrected chi connectivity index (χ1v) is 9.31. The van der Waals surface area contributed by atoms with Crippen molar-refractivity contribution in [1.82, 2.24) is 0 Å². The van der Waals surface area contributed by atoms with Crippen molar-refractivity contribution in [2.75, 3.05) is 0 Å². The maximum Gasteiger partial charge on any atom is 0.242 e. The zero-order valence-electron chi connectivity index (χ0n) is 8.82. The van der Waals surface area contributed by atoms with Gasteiger partial charge >= 0.3 is 0 Å². The lowest BCUT2D eigenvalue weighted by molar-refractivity contribution is 0.553. The molecule has 0 heterocycles. The number of aryl methyl sites for hydroxylation is 1. The highest BCUT2D eigenvalue weighted by Crippen LogP contribution is 2.29. The molecule has 0 aliphatic carbocycles. The zero-order chi connectivity index (χ0) is 10.9. The quantitative estimate of drug-likeness (QED) is 0.570. The normalized spacial score (nSPS) is 11.6. The molecule has 0 amide bonds. The van der Waals surface area contributed by atoms with Crippen LogP contribution in [-0.2, 0) is 0 Å². The van der Waals surface area contributed by atoms with E-state index in [-0.39, 0.29) is 0 Å². The van der Waals surface area contributed by atoms with Crippen LogP contribution in [0.25, 0.3) is 0 Å². The second-order valence-corrected chi connectivity index (χ2v) is 10.2. The van der Waals surface area contributed by atoms with Crippen LogP contribution in [-0.4, -0.2) is 8.32 Å². The fourth-order valence-corrected chi connectivity index (χ4v) is 2.96. The topological polar surface area (TPSA) is 9.23 Å². The molecule has 0 fully saturated rings. The predicted octanol–water partition coefficient (Wildman–Crippen LogP) is 4.47. The van der Waals surface area contributed by atoms with Crippen LogP contribution in [0.4, 0.5) is 0 Å². The highest BCUT2D eigenvalue weighted by Gasteiger charge is 2.18. The fraction of sp³-hybridized carbons (Fsp3) is 0.400. The Labute approximate surface area is 105 Å². The van der Waals surface area contributed by atoms with Gasteiger partial charge in [-0.15, -0.1) is 0 Å². The summed E-state index contributed by atoms with van der Waals surface area (Å²) in [6.07, 6.45) is 0. The molecule has 0 unspecified atom stereocenters. The van der Waals surface area contributed by atoms with Crippen molar-refractivity contribution in [2.24, 2.45) is 0 Å². The molecule has 0 aromatic heterocycles. The molecule has 14 heavy (non-hydrogen) atoms. The van der Waals surface area contributed by atoms with E-state index in [1.165, 1.54) is 0 Å². The third-order valence-corrected chi connectivity index (χ3v) is 3.71. The molecule has 0 saturated carbocycles. The van der Waals surface area contributed by atoms with Gasteiger partial charge in [-0.05, 0) is 66.9 Å². The minimum Gasteiger partial charge on any atom is -0.544 e. The molecule has 0 saturated heterocycles. The minimum absolute atomic E-state index is 0.777. The van der Waals surface area contributed by atoms with E-state index in [0.717, 1.165) is 19.9 Å². The molecule has 1 aromatic carbocycles. The fourth-order valence-electron chi connectivity index (χ4n) is 1.04. The summed E-state index contributed by atoms with van der Waals surface area (Å²) < 4.78 is 7.05. The lowest BCUT2D eigenvalue weighted by Crippen LogP contribution is -2.29. The molecule has 0 atom stereocenters. The lowest BCUT2D eigenvalue weighted by atomic mass is 10.2. The summed E-state index contributed by atoms with van der Waals surface area (Å²) in [6, 6.07) is 3.97. The van der Waals surface area contributed by atoms with Crippen LogP contribution in [0.3, 0.4) is 0 Å². The van der Waals surface area contributed by atoms with E-state index in [0.29, 0.717) is 0 Å². The predicted molar refractivity (Wildman–Crippen MR) is 72.9 cm³/mol. The van der Waals surface area contributed by atoms with Crippen molar-refractivity contribution in [3.63, 3.8) is 0 Å². The first kappa shape index (κ1) is 12.3. The Balaban J connectivity index is 3.04. The molecule has 1 aromatic rings. The van der Waals surface area contributed by atoms with Crippen molar-refractivity contribution in [3.8, 4) is 5.75 Å². The van der Waals surface area contributed by atoms with Crippen LogP contribution in [0.15, 0.2) is 12.1 Å². The minimum atomic E-state index is -1.53. The van der Waals surface area contributed by atoms with E-state index in [4.69, 9.17) is 16.0 Å². The number of hydrogen-bond donors (Lipinski definition) is 0. The van der Waals surface area contributed by atoms with Crippen molar-refractivity contribution < 1.29 is 4.43 Å². The lowest BCUT2D eigenvalue weighted by Gasteiger charge is -2.20. The standard InChI is InChI=1S/C10H14ClIOSi/c1-7-5-9(12)10(6-8(7)11)13-14(2,3)4/h5-6H,1-4H3. The largest absolute Gasteiger partial charge is 0.544 e. The van der Waals surface area contributed by atoms with Crippen LogP contribution in [0.1, 0.15) is 5.56 Å². The molecular formula is C10H14ClIOSi. The summed E-state index contributed by atoms with van der Waals surface area (Å²) in [6.45, 7) is 8.49. The maximum atomic E-state index is 6.05. The average molecular weight is 341 g/mol. The van der Waals surface area contributed by atoms with Crippen molar-refractivity contribution in [3.05, 3.63) is 26.3 Å². The van der Waals surface area contributed by atoms with Crippen LogP contribution < -0.4 is 4.43 Å². The summed E-state index contributed by atoms with van der Waals surface area (Å²) in [5.74, 6) is 0.917. The van der Waals surface area contributed by atoms with E-state index >= 15 is 0 Å². The van der Waals surface area contributed by atoms with Gasteiger partial charge in [0.1, 0.15) is 5.75 Å². The van der Waals surface area contributed by atoms with E-state index < -0.39 is 8.32 Å². The molecule has 0 spiro atoms. The van der Waals surface area contributed by atoms with Gasteiger partial charge in [-0.25, -0.2) is 0 Å². The third kappa shape index (κ3) is 3.44. The second-order valence-electron chi connectivity index (χ2n) is 4.25. The monoisotopic (exact) mass is 340 g/mol.